The molecule has 5 nitrogen and oxygen atoms in total. The number of hydrogen-bond donors (Lipinski definition) is 1. The van der Waals surface area contributed by atoms with Gasteiger partial charge in [-0.1, -0.05) is 15.9 Å². The standard InChI is InChI=1S/C11H13BrN2O3/c1-7(15)14(13)11(16)8-3-4-10(12)9(5-8)6-17-2/h3-5H,6,13H2,1-2H3. The second-order valence-electron chi connectivity index (χ2n) is 3.43. The van der Waals surface area contributed by atoms with Crippen LogP contribution in [0.3, 0.4) is 0 Å². The Morgan fingerprint density at radius 3 is 2.65 bits per heavy atom. The van der Waals surface area contributed by atoms with E-state index in [1.54, 1.807) is 25.3 Å². The van der Waals surface area contributed by atoms with E-state index in [1.165, 1.54) is 6.92 Å². The van der Waals surface area contributed by atoms with Gasteiger partial charge < -0.3 is 4.74 Å². The van der Waals surface area contributed by atoms with Gasteiger partial charge in [-0.25, -0.2) is 10.9 Å². The van der Waals surface area contributed by atoms with Gasteiger partial charge >= 0.3 is 0 Å². The Kier molecular flexibility index (Phi) is 4.80. The Hall–Kier alpha value is -1.24. The van der Waals surface area contributed by atoms with E-state index in [0.29, 0.717) is 17.2 Å². The largest absolute Gasteiger partial charge is 0.380 e. The Balaban J connectivity index is 3.03. The second-order valence-corrected chi connectivity index (χ2v) is 4.29. The summed E-state index contributed by atoms with van der Waals surface area (Å²) in [6, 6.07) is 4.95. The highest BCUT2D eigenvalue weighted by Gasteiger charge is 2.16. The Morgan fingerprint density at radius 2 is 2.12 bits per heavy atom. The third-order valence-corrected chi connectivity index (χ3v) is 2.92. The molecule has 1 rings (SSSR count). The molecule has 2 N–H and O–H groups in total. The molecule has 0 unspecified atom stereocenters. The van der Waals surface area contributed by atoms with Gasteiger partial charge in [0.05, 0.1) is 6.61 Å². The molecule has 0 fully saturated rings. The number of hydrogen-bond acceptors (Lipinski definition) is 4. The van der Waals surface area contributed by atoms with Crippen LogP contribution in [0.2, 0.25) is 0 Å². The van der Waals surface area contributed by atoms with Gasteiger partial charge in [0, 0.05) is 24.1 Å². The highest BCUT2D eigenvalue weighted by atomic mass is 79.9. The number of rotatable bonds is 3. The lowest BCUT2D eigenvalue weighted by molar-refractivity contribution is -0.126. The highest BCUT2D eigenvalue weighted by molar-refractivity contribution is 9.10. The fourth-order valence-corrected chi connectivity index (χ4v) is 1.62. The molecule has 0 radical (unpaired) electrons. The summed E-state index contributed by atoms with van der Waals surface area (Å²) in [5.74, 6) is 4.30. The predicted molar refractivity (Wildman–Crippen MR) is 65.9 cm³/mol. The number of carbonyl (C=O) groups is 2. The topological polar surface area (TPSA) is 72.6 Å². The van der Waals surface area contributed by atoms with Gasteiger partial charge in [0.15, 0.2) is 0 Å². The zero-order valence-corrected chi connectivity index (χ0v) is 11.2. The van der Waals surface area contributed by atoms with E-state index in [0.717, 1.165) is 10.0 Å². The SMILES string of the molecule is COCc1cc(C(=O)N(N)C(C)=O)ccc1Br. The van der Waals surface area contributed by atoms with Crippen molar-refractivity contribution in [2.75, 3.05) is 7.11 Å². The van der Waals surface area contributed by atoms with Crippen molar-refractivity contribution < 1.29 is 14.3 Å². The molecule has 0 atom stereocenters. The summed E-state index contributed by atoms with van der Waals surface area (Å²) in [4.78, 5) is 22.8. The van der Waals surface area contributed by atoms with E-state index in [2.05, 4.69) is 15.9 Å². The molecular weight excluding hydrogens is 288 g/mol. The van der Waals surface area contributed by atoms with Crippen LogP contribution < -0.4 is 5.84 Å². The summed E-state index contributed by atoms with van der Waals surface area (Å²) in [6.45, 7) is 1.60. The van der Waals surface area contributed by atoms with Gasteiger partial charge in [-0.2, -0.15) is 0 Å². The quantitative estimate of drug-likeness (QED) is 0.521. The first-order valence-corrected chi connectivity index (χ1v) is 5.63. The molecule has 0 heterocycles. The first-order valence-electron chi connectivity index (χ1n) is 4.84. The minimum atomic E-state index is -0.539. The molecular formula is C11H13BrN2O3. The van der Waals surface area contributed by atoms with Crippen LogP contribution >= 0.6 is 15.9 Å². The molecule has 0 spiro atoms. The minimum Gasteiger partial charge on any atom is -0.380 e. The van der Waals surface area contributed by atoms with E-state index < -0.39 is 11.8 Å². The lowest BCUT2D eigenvalue weighted by Crippen LogP contribution is -2.41. The normalized spacial score (nSPS) is 10.1. The van der Waals surface area contributed by atoms with Gasteiger partial charge in [-0.05, 0) is 23.8 Å². The molecule has 6 heteroatoms. The van der Waals surface area contributed by atoms with E-state index >= 15 is 0 Å². The highest BCUT2D eigenvalue weighted by Crippen LogP contribution is 2.19. The summed E-state index contributed by atoms with van der Waals surface area (Å²) >= 11 is 3.34. The average molecular weight is 301 g/mol. The molecule has 1 aromatic rings. The van der Waals surface area contributed by atoms with E-state index in [1.807, 2.05) is 0 Å². The summed E-state index contributed by atoms with van der Waals surface area (Å²) in [5.41, 5.74) is 1.16. The van der Waals surface area contributed by atoms with Crippen LogP contribution in [0.1, 0.15) is 22.8 Å². The number of nitrogens with two attached hydrogens (primary N) is 1. The number of halogens is 1. The van der Waals surface area contributed by atoms with Crippen molar-refractivity contribution in [3.63, 3.8) is 0 Å². The number of methoxy groups -OCH3 is 1. The van der Waals surface area contributed by atoms with Crippen LogP contribution in [0, 0.1) is 0 Å². The molecule has 2 amide bonds. The van der Waals surface area contributed by atoms with Crippen molar-refractivity contribution in [3.05, 3.63) is 33.8 Å². The number of hydrazine groups is 1. The monoisotopic (exact) mass is 300 g/mol. The third kappa shape index (κ3) is 3.36. The van der Waals surface area contributed by atoms with Crippen molar-refractivity contribution >= 4 is 27.7 Å². The van der Waals surface area contributed by atoms with Crippen LogP contribution in [-0.2, 0) is 16.1 Å². The van der Waals surface area contributed by atoms with Crippen LogP contribution in [0.5, 0.6) is 0 Å². The maximum Gasteiger partial charge on any atom is 0.274 e. The molecule has 92 valence electrons. The molecule has 0 bridgehead atoms. The van der Waals surface area contributed by atoms with Crippen molar-refractivity contribution in [1.82, 2.24) is 5.01 Å². The fourth-order valence-electron chi connectivity index (χ4n) is 1.26. The van der Waals surface area contributed by atoms with Crippen molar-refractivity contribution in [2.24, 2.45) is 5.84 Å². The van der Waals surface area contributed by atoms with Crippen molar-refractivity contribution in [3.8, 4) is 0 Å². The first kappa shape index (κ1) is 13.8. The van der Waals surface area contributed by atoms with Crippen LogP contribution in [0.15, 0.2) is 22.7 Å². The maximum absolute atomic E-state index is 11.8. The zero-order chi connectivity index (χ0) is 13.0. The molecule has 1 aromatic carbocycles. The molecule has 0 aromatic heterocycles. The van der Waals surface area contributed by atoms with Crippen LogP contribution in [0.25, 0.3) is 0 Å². The molecule has 0 aliphatic rings. The molecule has 0 saturated carbocycles. The smallest absolute Gasteiger partial charge is 0.274 e. The van der Waals surface area contributed by atoms with Gasteiger partial charge in [-0.3, -0.25) is 9.59 Å². The summed E-state index contributed by atoms with van der Waals surface area (Å²) in [6.07, 6.45) is 0. The Morgan fingerprint density at radius 1 is 1.47 bits per heavy atom. The number of imide groups is 1. The maximum atomic E-state index is 11.8. The zero-order valence-electron chi connectivity index (χ0n) is 9.57. The lowest BCUT2D eigenvalue weighted by atomic mass is 10.1. The summed E-state index contributed by atoms with van der Waals surface area (Å²) < 4.78 is 5.83. The Bertz CT molecular complexity index is 448. The second kappa shape index (κ2) is 5.90. The van der Waals surface area contributed by atoms with Gasteiger partial charge in [-0.15, -0.1) is 0 Å². The number of benzene rings is 1. The Labute approximate surface area is 108 Å². The predicted octanol–water partition coefficient (Wildman–Crippen LogP) is 1.46. The van der Waals surface area contributed by atoms with Crippen molar-refractivity contribution in [1.29, 1.82) is 0 Å². The van der Waals surface area contributed by atoms with Gasteiger partial charge in [0.2, 0.25) is 5.91 Å². The number of amides is 2. The van der Waals surface area contributed by atoms with E-state index in [9.17, 15) is 9.59 Å². The van der Waals surface area contributed by atoms with E-state index in [-0.39, 0.29) is 0 Å². The lowest BCUT2D eigenvalue weighted by Gasteiger charge is -2.13. The molecule has 17 heavy (non-hydrogen) atoms. The molecule has 0 aliphatic heterocycles. The first-order chi connectivity index (χ1) is 7.97. The number of carbonyl (C=O) groups excluding carboxylic acids is 2. The third-order valence-electron chi connectivity index (χ3n) is 2.15. The molecule has 0 aliphatic carbocycles. The van der Waals surface area contributed by atoms with E-state index in [4.69, 9.17) is 10.6 Å². The minimum absolute atomic E-state index is 0.345. The van der Waals surface area contributed by atoms with Crippen molar-refractivity contribution in [2.45, 2.75) is 13.5 Å². The molecule has 0 saturated heterocycles. The summed E-state index contributed by atoms with van der Waals surface area (Å²) in [5, 5.41) is 0.583. The van der Waals surface area contributed by atoms with Crippen LogP contribution in [-0.4, -0.2) is 23.9 Å². The number of ether oxygens (including phenoxy) is 1. The van der Waals surface area contributed by atoms with Crippen LogP contribution in [0.4, 0.5) is 0 Å². The number of nitrogens with zero attached hydrogens (tertiary/aromatic N) is 1. The van der Waals surface area contributed by atoms with Gasteiger partial charge in [0.1, 0.15) is 0 Å². The average Bonchev–Trinajstić information content (AvgIpc) is 2.30. The van der Waals surface area contributed by atoms with Gasteiger partial charge in [0.25, 0.3) is 5.91 Å². The fraction of sp³-hybridized carbons (Fsp3) is 0.273. The summed E-state index contributed by atoms with van der Waals surface area (Å²) in [7, 11) is 1.56.